The molecule has 24 heavy (non-hydrogen) atoms. The van der Waals surface area contributed by atoms with E-state index in [2.05, 4.69) is 72.0 Å². The molecule has 2 aromatic rings. The second-order valence-electron chi connectivity index (χ2n) is 5.17. The van der Waals surface area contributed by atoms with Gasteiger partial charge in [0.15, 0.2) is 37.9 Å². The average molecular weight is 462 g/mol. The van der Waals surface area contributed by atoms with Gasteiger partial charge in [0, 0.05) is 24.3 Å². The maximum atomic E-state index is 5.41. The average Bonchev–Trinajstić information content (AvgIpc) is 2.57. The van der Waals surface area contributed by atoms with E-state index in [-0.39, 0.29) is 34.0 Å². The van der Waals surface area contributed by atoms with Crippen LogP contribution in [0.1, 0.15) is 25.0 Å². The number of aromatic nitrogens is 2. The maximum Gasteiger partial charge on any atom is 0.169 e. The van der Waals surface area contributed by atoms with E-state index < -0.39 is 0 Å². The van der Waals surface area contributed by atoms with Gasteiger partial charge in [-0.05, 0) is 24.0 Å². The zero-order valence-electron chi connectivity index (χ0n) is 14.7. The first-order valence-electron chi connectivity index (χ1n) is 8.09. The number of halogens is 2. The molecule has 2 heterocycles. The van der Waals surface area contributed by atoms with E-state index in [9.17, 15) is 0 Å². The molecule has 0 radical (unpaired) electrons. The molecule has 0 fully saturated rings. The van der Waals surface area contributed by atoms with Crippen LogP contribution in [0.4, 0.5) is 0 Å². The van der Waals surface area contributed by atoms with Crippen molar-refractivity contribution in [3.8, 4) is 0 Å². The topological polar surface area (TPSA) is 59.8 Å². The fourth-order valence-electron chi connectivity index (χ4n) is 2.04. The summed E-state index contributed by atoms with van der Waals surface area (Å²) in [5.74, 6) is 0. The lowest BCUT2D eigenvalue weighted by molar-refractivity contribution is -0.694. The summed E-state index contributed by atoms with van der Waals surface area (Å²) >= 11 is 0. The highest BCUT2D eigenvalue weighted by atomic mass is 79.9. The van der Waals surface area contributed by atoms with Crippen molar-refractivity contribution in [2.45, 2.75) is 39.8 Å². The molecular weight excluding hydrogens is 432 g/mol. The van der Waals surface area contributed by atoms with E-state index in [1.807, 2.05) is 0 Å². The molecule has 4 N–H and O–H groups in total. The summed E-state index contributed by atoms with van der Waals surface area (Å²) in [6.45, 7) is 7.53. The van der Waals surface area contributed by atoms with Crippen LogP contribution in [0.25, 0.3) is 0 Å². The number of aryl methyl sites for hydroxylation is 2. The lowest BCUT2D eigenvalue weighted by atomic mass is 10.2. The standard InChI is InChI=1S/2C9H15N2.2BrH/c2*1-2-9-3-6-11(7-4-9)8-5-10;;/h2*3-4,6-7H,2,5,8,10H2,1H3;2*1H/q2*+1;;/p-2. The van der Waals surface area contributed by atoms with Gasteiger partial charge in [-0.25, -0.2) is 9.13 Å². The van der Waals surface area contributed by atoms with Gasteiger partial charge in [-0.3, -0.25) is 0 Å². The Bertz CT molecular complexity index is 466. The van der Waals surface area contributed by atoms with Crippen LogP contribution < -0.4 is 54.6 Å². The molecule has 2 rings (SSSR count). The van der Waals surface area contributed by atoms with Crippen LogP contribution in [0.5, 0.6) is 0 Å². The van der Waals surface area contributed by atoms with E-state index in [4.69, 9.17) is 11.5 Å². The Labute approximate surface area is 167 Å². The summed E-state index contributed by atoms with van der Waals surface area (Å²) in [7, 11) is 0. The Hall–Kier alpha value is -0.820. The molecule has 6 heteroatoms. The molecule has 0 aliphatic carbocycles. The molecule has 0 spiro atoms. The van der Waals surface area contributed by atoms with Crippen molar-refractivity contribution < 1.29 is 43.1 Å². The van der Waals surface area contributed by atoms with Crippen molar-refractivity contribution in [1.82, 2.24) is 0 Å². The third kappa shape index (κ3) is 10.1. The summed E-state index contributed by atoms with van der Waals surface area (Å²) < 4.78 is 4.19. The minimum atomic E-state index is 0. The second-order valence-corrected chi connectivity index (χ2v) is 5.17. The van der Waals surface area contributed by atoms with Gasteiger partial charge in [0.1, 0.15) is 0 Å². The predicted octanol–water partition coefficient (Wildman–Crippen LogP) is -5.00. The molecule has 0 atom stereocenters. The van der Waals surface area contributed by atoms with E-state index in [0.717, 1.165) is 25.9 Å². The molecule has 136 valence electrons. The van der Waals surface area contributed by atoms with Crippen LogP contribution in [-0.4, -0.2) is 13.1 Å². The minimum Gasteiger partial charge on any atom is -1.00 e. The van der Waals surface area contributed by atoms with Crippen LogP contribution >= 0.6 is 0 Å². The van der Waals surface area contributed by atoms with Crippen LogP contribution in [0.2, 0.25) is 0 Å². The summed E-state index contributed by atoms with van der Waals surface area (Å²) in [5, 5.41) is 0. The summed E-state index contributed by atoms with van der Waals surface area (Å²) in [6.07, 6.45) is 10.5. The second kappa shape index (κ2) is 15.7. The van der Waals surface area contributed by atoms with E-state index in [0.29, 0.717) is 13.1 Å². The van der Waals surface area contributed by atoms with Gasteiger partial charge >= 0.3 is 0 Å². The lowest BCUT2D eigenvalue weighted by Gasteiger charge is -1.94. The monoisotopic (exact) mass is 460 g/mol. The molecule has 0 aliphatic heterocycles. The third-order valence-corrected chi connectivity index (χ3v) is 3.51. The zero-order valence-corrected chi connectivity index (χ0v) is 17.8. The van der Waals surface area contributed by atoms with Gasteiger partial charge in [0.2, 0.25) is 0 Å². The molecular formula is C18H30Br2N4. The zero-order chi connectivity index (χ0) is 16.2. The van der Waals surface area contributed by atoms with Crippen molar-refractivity contribution in [3.63, 3.8) is 0 Å². The van der Waals surface area contributed by atoms with Crippen molar-refractivity contribution >= 4 is 0 Å². The first-order chi connectivity index (χ1) is 10.7. The SMILES string of the molecule is CCc1cc[n+](CCN)cc1.CCc1cc[n+](CCN)cc1.[Br-].[Br-]. The summed E-state index contributed by atoms with van der Waals surface area (Å²) in [4.78, 5) is 0. The fourth-order valence-corrected chi connectivity index (χ4v) is 2.04. The largest absolute Gasteiger partial charge is 1.00 e. The molecule has 2 aromatic heterocycles. The smallest absolute Gasteiger partial charge is 0.169 e. The molecule has 4 nitrogen and oxygen atoms in total. The Kier molecular flexibility index (Phi) is 16.6. The minimum absolute atomic E-state index is 0. The van der Waals surface area contributed by atoms with Crippen LogP contribution in [0.3, 0.4) is 0 Å². The first kappa shape index (κ1) is 25.4. The van der Waals surface area contributed by atoms with Gasteiger partial charge in [0.25, 0.3) is 0 Å². The molecule has 0 saturated heterocycles. The van der Waals surface area contributed by atoms with Crippen molar-refractivity contribution in [2.75, 3.05) is 13.1 Å². The molecule has 0 saturated carbocycles. The van der Waals surface area contributed by atoms with Crippen LogP contribution in [0, 0.1) is 0 Å². The molecule has 0 aliphatic rings. The van der Waals surface area contributed by atoms with Crippen molar-refractivity contribution in [1.29, 1.82) is 0 Å². The molecule has 0 amide bonds. The van der Waals surface area contributed by atoms with Crippen molar-refractivity contribution in [3.05, 3.63) is 60.2 Å². The number of hydrogen-bond donors (Lipinski definition) is 2. The Morgan fingerprint density at radius 3 is 1.17 bits per heavy atom. The van der Waals surface area contributed by atoms with E-state index >= 15 is 0 Å². The summed E-state index contributed by atoms with van der Waals surface area (Å²) in [6, 6.07) is 8.54. The van der Waals surface area contributed by atoms with Gasteiger partial charge in [-0.2, -0.15) is 0 Å². The number of hydrogen-bond acceptors (Lipinski definition) is 2. The molecule has 0 bridgehead atoms. The number of pyridine rings is 2. The highest BCUT2D eigenvalue weighted by Gasteiger charge is 1.97. The number of nitrogens with zero attached hydrogens (tertiary/aromatic N) is 2. The first-order valence-corrected chi connectivity index (χ1v) is 8.09. The quantitative estimate of drug-likeness (QED) is 0.423. The van der Waals surface area contributed by atoms with Gasteiger partial charge in [-0.15, -0.1) is 0 Å². The predicted molar refractivity (Wildman–Crippen MR) is 90.1 cm³/mol. The maximum absolute atomic E-state index is 5.41. The fraction of sp³-hybridized carbons (Fsp3) is 0.444. The lowest BCUT2D eigenvalue weighted by Crippen LogP contribution is -3.00. The van der Waals surface area contributed by atoms with Crippen molar-refractivity contribution in [2.24, 2.45) is 11.5 Å². The van der Waals surface area contributed by atoms with E-state index in [1.54, 1.807) is 0 Å². The normalized spacial score (nSPS) is 9.17. The highest BCUT2D eigenvalue weighted by molar-refractivity contribution is 5.06. The Balaban J connectivity index is 0. The van der Waals surface area contributed by atoms with Crippen LogP contribution in [-0.2, 0) is 25.9 Å². The number of rotatable bonds is 6. The summed E-state index contributed by atoms with van der Waals surface area (Å²) in [5.41, 5.74) is 13.6. The third-order valence-electron chi connectivity index (χ3n) is 3.51. The Morgan fingerprint density at radius 1 is 0.667 bits per heavy atom. The van der Waals surface area contributed by atoms with Gasteiger partial charge < -0.3 is 45.4 Å². The molecule has 0 aromatic carbocycles. The van der Waals surface area contributed by atoms with Gasteiger partial charge in [-0.1, -0.05) is 13.8 Å². The number of nitrogens with two attached hydrogens (primary N) is 2. The molecule has 0 unspecified atom stereocenters. The van der Waals surface area contributed by atoms with Gasteiger partial charge in [0.05, 0.1) is 13.1 Å². The van der Waals surface area contributed by atoms with Crippen LogP contribution in [0.15, 0.2) is 49.1 Å². The van der Waals surface area contributed by atoms with E-state index in [1.165, 1.54) is 11.1 Å². The highest BCUT2D eigenvalue weighted by Crippen LogP contribution is 1.94. The Morgan fingerprint density at radius 2 is 0.958 bits per heavy atom.